The van der Waals surface area contributed by atoms with Gasteiger partial charge in [-0.25, -0.2) is 0 Å². The van der Waals surface area contributed by atoms with Gasteiger partial charge in [-0.15, -0.1) is 0 Å². The van der Waals surface area contributed by atoms with E-state index in [-0.39, 0.29) is 0 Å². The zero-order valence-corrected chi connectivity index (χ0v) is 10.6. The van der Waals surface area contributed by atoms with Gasteiger partial charge in [-0.3, -0.25) is 9.67 Å². The normalized spacial score (nSPS) is 11.6. The van der Waals surface area contributed by atoms with Crippen molar-refractivity contribution in [3.8, 4) is 0 Å². The standard InChI is InChI=1S/C12H17N5O/c1-13-12(15-9-11-4-3-7-18-11)14-8-10-5-6-17(2)16-10/h3-7H,8-9H2,1-2H3,(H2,13,14,15). The van der Waals surface area contributed by atoms with Crippen LogP contribution in [0, 0.1) is 0 Å². The predicted octanol–water partition coefficient (Wildman–Crippen LogP) is 0.878. The van der Waals surface area contributed by atoms with Gasteiger partial charge in [0.25, 0.3) is 0 Å². The first-order valence-corrected chi connectivity index (χ1v) is 5.73. The Labute approximate surface area is 106 Å². The lowest BCUT2D eigenvalue weighted by Gasteiger charge is -2.09. The van der Waals surface area contributed by atoms with Crippen molar-refractivity contribution in [1.82, 2.24) is 20.4 Å². The number of aryl methyl sites for hydroxylation is 1. The number of hydrogen-bond acceptors (Lipinski definition) is 3. The first kappa shape index (κ1) is 12.2. The number of guanidine groups is 1. The summed E-state index contributed by atoms with van der Waals surface area (Å²) in [5.41, 5.74) is 0.971. The Morgan fingerprint density at radius 3 is 2.83 bits per heavy atom. The van der Waals surface area contributed by atoms with Crippen LogP contribution in [0.2, 0.25) is 0 Å². The number of aromatic nitrogens is 2. The van der Waals surface area contributed by atoms with E-state index in [9.17, 15) is 0 Å². The molecule has 0 aliphatic heterocycles. The minimum atomic E-state index is 0.606. The molecule has 0 saturated heterocycles. The van der Waals surface area contributed by atoms with E-state index in [0.29, 0.717) is 13.1 Å². The van der Waals surface area contributed by atoms with E-state index in [1.54, 1.807) is 18.0 Å². The molecule has 96 valence electrons. The van der Waals surface area contributed by atoms with Gasteiger partial charge >= 0.3 is 0 Å². The number of aliphatic imine (C=N–C) groups is 1. The van der Waals surface area contributed by atoms with Crippen LogP contribution in [-0.4, -0.2) is 22.8 Å². The molecule has 0 atom stereocenters. The van der Waals surface area contributed by atoms with Crippen molar-refractivity contribution >= 4 is 5.96 Å². The maximum atomic E-state index is 5.23. The lowest BCUT2D eigenvalue weighted by molar-refractivity contribution is 0.501. The Morgan fingerprint density at radius 2 is 2.22 bits per heavy atom. The number of nitrogens with one attached hydrogen (secondary N) is 2. The third-order valence-electron chi connectivity index (χ3n) is 2.44. The number of nitrogens with zero attached hydrogens (tertiary/aromatic N) is 3. The number of hydrogen-bond donors (Lipinski definition) is 2. The molecule has 0 aliphatic rings. The van der Waals surface area contributed by atoms with Gasteiger partial charge in [0.05, 0.1) is 25.0 Å². The lowest BCUT2D eigenvalue weighted by Crippen LogP contribution is -2.36. The fourth-order valence-corrected chi connectivity index (χ4v) is 1.54. The molecule has 2 N–H and O–H groups in total. The predicted molar refractivity (Wildman–Crippen MR) is 69.0 cm³/mol. The Morgan fingerprint density at radius 1 is 1.39 bits per heavy atom. The minimum absolute atomic E-state index is 0.606. The molecule has 2 heterocycles. The summed E-state index contributed by atoms with van der Waals surface area (Å²) in [6.07, 6.45) is 3.57. The van der Waals surface area contributed by atoms with E-state index in [0.717, 1.165) is 17.4 Å². The molecule has 0 amide bonds. The Bertz CT molecular complexity index is 500. The highest BCUT2D eigenvalue weighted by molar-refractivity contribution is 5.79. The highest BCUT2D eigenvalue weighted by Crippen LogP contribution is 1.98. The summed E-state index contributed by atoms with van der Waals surface area (Å²) < 4.78 is 7.01. The molecule has 0 spiro atoms. The van der Waals surface area contributed by atoms with E-state index in [1.165, 1.54) is 0 Å². The van der Waals surface area contributed by atoms with E-state index in [4.69, 9.17) is 4.42 Å². The quantitative estimate of drug-likeness (QED) is 0.621. The summed E-state index contributed by atoms with van der Waals surface area (Å²) in [5, 5.41) is 10.6. The Hall–Kier alpha value is -2.24. The molecular weight excluding hydrogens is 230 g/mol. The number of rotatable bonds is 4. The fraction of sp³-hybridized carbons (Fsp3) is 0.333. The highest BCUT2D eigenvalue weighted by atomic mass is 16.3. The molecule has 6 heteroatoms. The van der Waals surface area contributed by atoms with Gasteiger partial charge in [0, 0.05) is 20.3 Å². The maximum absolute atomic E-state index is 5.23. The molecule has 0 radical (unpaired) electrons. The van der Waals surface area contributed by atoms with Gasteiger partial charge in [-0.05, 0) is 18.2 Å². The summed E-state index contributed by atoms with van der Waals surface area (Å²) in [4.78, 5) is 4.13. The molecule has 0 aliphatic carbocycles. The van der Waals surface area contributed by atoms with E-state index < -0.39 is 0 Å². The smallest absolute Gasteiger partial charge is 0.191 e. The molecule has 0 bridgehead atoms. The van der Waals surface area contributed by atoms with Crippen LogP contribution in [0.3, 0.4) is 0 Å². The molecule has 0 fully saturated rings. The van der Waals surface area contributed by atoms with Gasteiger partial charge in [-0.2, -0.15) is 5.10 Å². The van der Waals surface area contributed by atoms with Gasteiger partial charge in [0.2, 0.25) is 0 Å². The van der Waals surface area contributed by atoms with E-state index in [1.807, 2.05) is 31.4 Å². The lowest BCUT2D eigenvalue weighted by atomic mass is 10.4. The summed E-state index contributed by atoms with van der Waals surface area (Å²) in [6.45, 7) is 1.24. The van der Waals surface area contributed by atoms with Crippen molar-refractivity contribution in [3.05, 3.63) is 42.1 Å². The first-order valence-electron chi connectivity index (χ1n) is 5.73. The summed E-state index contributed by atoms with van der Waals surface area (Å²) in [6, 6.07) is 5.74. The van der Waals surface area contributed by atoms with Crippen LogP contribution in [0.4, 0.5) is 0 Å². The highest BCUT2D eigenvalue weighted by Gasteiger charge is 2.01. The van der Waals surface area contributed by atoms with E-state index >= 15 is 0 Å². The van der Waals surface area contributed by atoms with Crippen molar-refractivity contribution in [3.63, 3.8) is 0 Å². The fourth-order valence-electron chi connectivity index (χ4n) is 1.54. The second kappa shape index (κ2) is 5.90. The zero-order valence-electron chi connectivity index (χ0n) is 10.6. The average molecular weight is 247 g/mol. The van der Waals surface area contributed by atoms with Gasteiger partial charge in [0.15, 0.2) is 5.96 Å². The van der Waals surface area contributed by atoms with Crippen LogP contribution in [0.5, 0.6) is 0 Å². The van der Waals surface area contributed by atoms with Crippen LogP contribution >= 0.6 is 0 Å². The third-order valence-corrected chi connectivity index (χ3v) is 2.44. The van der Waals surface area contributed by atoms with Crippen LogP contribution in [0.15, 0.2) is 40.1 Å². The minimum Gasteiger partial charge on any atom is -0.467 e. The van der Waals surface area contributed by atoms with Crippen molar-refractivity contribution in [2.75, 3.05) is 7.05 Å². The third kappa shape index (κ3) is 3.38. The monoisotopic (exact) mass is 247 g/mol. The molecule has 2 aromatic rings. The second-order valence-corrected chi connectivity index (χ2v) is 3.84. The average Bonchev–Trinajstić information content (AvgIpc) is 3.01. The molecule has 2 aromatic heterocycles. The number of furan rings is 1. The van der Waals surface area contributed by atoms with Gasteiger partial charge in [-0.1, -0.05) is 0 Å². The largest absolute Gasteiger partial charge is 0.467 e. The molecule has 2 rings (SSSR count). The summed E-state index contributed by atoms with van der Waals surface area (Å²) >= 11 is 0. The Kier molecular flexibility index (Phi) is 4.01. The van der Waals surface area contributed by atoms with E-state index in [2.05, 4.69) is 20.7 Å². The van der Waals surface area contributed by atoms with Gasteiger partial charge in [0.1, 0.15) is 5.76 Å². The molecule has 0 unspecified atom stereocenters. The summed E-state index contributed by atoms with van der Waals surface area (Å²) in [7, 11) is 3.63. The molecule has 6 nitrogen and oxygen atoms in total. The van der Waals surface area contributed by atoms with Gasteiger partial charge < -0.3 is 15.1 Å². The second-order valence-electron chi connectivity index (χ2n) is 3.84. The van der Waals surface area contributed by atoms with Crippen LogP contribution < -0.4 is 10.6 Å². The SMILES string of the molecule is CN=C(NCc1ccn(C)n1)NCc1ccco1. The van der Waals surface area contributed by atoms with Crippen LogP contribution in [-0.2, 0) is 20.1 Å². The van der Waals surface area contributed by atoms with Crippen LogP contribution in [0.1, 0.15) is 11.5 Å². The molecule has 0 saturated carbocycles. The summed E-state index contributed by atoms with van der Waals surface area (Å²) in [5.74, 6) is 1.59. The van der Waals surface area contributed by atoms with Crippen molar-refractivity contribution in [2.24, 2.45) is 12.0 Å². The zero-order chi connectivity index (χ0) is 12.8. The first-order chi connectivity index (χ1) is 8.78. The topological polar surface area (TPSA) is 67.4 Å². The van der Waals surface area contributed by atoms with Crippen molar-refractivity contribution in [2.45, 2.75) is 13.1 Å². The van der Waals surface area contributed by atoms with Crippen LogP contribution in [0.25, 0.3) is 0 Å². The van der Waals surface area contributed by atoms with Crippen molar-refractivity contribution < 1.29 is 4.42 Å². The maximum Gasteiger partial charge on any atom is 0.191 e. The molecule has 0 aromatic carbocycles. The Balaban J connectivity index is 1.79. The molecule has 18 heavy (non-hydrogen) atoms. The molecular formula is C12H17N5O. The van der Waals surface area contributed by atoms with Crippen molar-refractivity contribution in [1.29, 1.82) is 0 Å².